The summed E-state index contributed by atoms with van der Waals surface area (Å²) in [6.45, 7) is 2.04. The number of ketones is 2. The molecule has 0 radical (unpaired) electrons. The molecule has 1 aromatic carbocycles. The summed E-state index contributed by atoms with van der Waals surface area (Å²) < 4.78 is 1.79. The van der Waals surface area contributed by atoms with Crippen molar-refractivity contribution in [2.75, 3.05) is 0 Å². The van der Waals surface area contributed by atoms with Crippen molar-refractivity contribution in [2.24, 2.45) is 0 Å². The molecule has 1 aliphatic heterocycles. The molecule has 0 fully saturated rings. The first-order chi connectivity index (χ1) is 10.7. The molecule has 110 valence electrons. The minimum absolute atomic E-state index is 0.107. The smallest absolute Gasteiger partial charge is 0.264 e. The maximum Gasteiger partial charge on any atom is 0.264 e. The number of benzene rings is 1. The molecule has 0 unspecified atom stereocenters. The van der Waals surface area contributed by atoms with Crippen molar-refractivity contribution >= 4 is 17.3 Å². The van der Waals surface area contributed by atoms with E-state index in [1.54, 1.807) is 10.8 Å². The Hall–Kier alpha value is -2.75. The summed E-state index contributed by atoms with van der Waals surface area (Å²) >= 11 is 0. The fourth-order valence-corrected chi connectivity index (χ4v) is 2.51. The average molecular weight is 292 g/mol. The third-order valence-corrected chi connectivity index (χ3v) is 3.58. The first-order valence-corrected chi connectivity index (χ1v) is 7.29. The van der Waals surface area contributed by atoms with Crippen molar-refractivity contribution in [1.82, 2.24) is 9.55 Å². The summed E-state index contributed by atoms with van der Waals surface area (Å²) in [4.78, 5) is 28.1. The van der Waals surface area contributed by atoms with Gasteiger partial charge in [0.1, 0.15) is 0 Å². The zero-order valence-electron chi connectivity index (χ0n) is 12.3. The fraction of sp³-hybridized carbons (Fsp3) is 0.167. The molecular formula is C18H16N2O2. The van der Waals surface area contributed by atoms with Gasteiger partial charge in [-0.25, -0.2) is 4.98 Å². The molecule has 2 aromatic rings. The normalized spacial score (nSPS) is 16.5. The summed E-state index contributed by atoms with van der Waals surface area (Å²) in [6, 6.07) is 9.73. The van der Waals surface area contributed by atoms with Crippen molar-refractivity contribution in [3.8, 4) is 11.3 Å². The van der Waals surface area contributed by atoms with Gasteiger partial charge < -0.3 is 0 Å². The topological polar surface area (TPSA) is 52.0 Å². The highest BCUT2D eigenvalue weighted by molar-refractivity contribution is 6.45. The van der Waals surface area contributed by atoms with Crippen molar-refractivity contribution in [1.29, 1.82) is 0 Å². The molecule has 22 heavy (non-hydrogen) atoms. The molecule has 0 atom stereocenters. The number of fused-ring (bicyclic) bond motifs is 1. The standard InChI is InChI=1S/C18H16N2O2/c1-2-3-5-10-14-11-16(21)17(22)18-19-12-15(20(14)18)13-8-6-4-7-9-13/h3-10,12H,2,11H2,1H3/b5-3-,14-10+. The molecule has 0 bridgehead atoms. The van der Waals surface area contributed by atoms with Crippen molar-refractivity contribution in [3.63, 3.8) is 0 Å². The van der Waals surface area contributed by atoms with E-state index >= 15 is 0 Å². The summed E-state index contributed by atoms with van der Waals surface area (Å²) in [7, 11) is 0. The van der Waals surface area contributed by atoms with Gasteiger partial charge in [0, 0.05) is 11.3 Å². The number of aromatic nitrogens is 2. The molecule has 4 nitrogen and oxygen atoms in total. The molecule has 0 amide bonds. The van der Waals surface area contributed by atoms with Crippen molar-refractivity contribution in [3.05, 3.63) is 60.6 Å². The fourth-order valence-electron chi connectivity index (χ4n) is 2.51. The first-order valence-electron chi connectivity index (χ1n) is 7.29. The lowest BCUT2D eigenvalue weighted by Gasteiger charge is -2.18. The summed E-state index contributed by atoms with van der Waals surface area (Å²) in [6.07, 6.45) is 8.47. The third-order valence-electron chi connectivity index (χ3n) is 3.58. The van der Waals surface area contributed by atoms with Crippen molar-refractivity contribution < 1.29 is 9.59 Å². The molecule has 0 N–H and O–H groups in total. The van der Waals surface area contributed by atoms with Crippen LogP contribution >= 0.6 is 0 Å². The number of imidazole rings is 1. The van der Waals surface area contributed by atoms with E-state index in [1.165, 1.54) is 0 Å². The van der Waals surface area contributed by atoms with E-state index in [4.69, 9.17) is 0 Å². The van der Waals surface area contributed by atoms with Crippen LogP contribution in [0.3, 0.4) is 0 Å². The monoisotopic (exact) mass is 292 g/mol. The number of hydrogen-bond donors (Lipinski definition) is 0. The Labute approximate surface area is 128 Å². The molecule has 0 saturated heterocycles. The molecule has 0 spiro atoms. The summed E-state index contributed by atoms with van der Waals surface area (Å²) in [5.41, 5.74) is 2.57. The van der Waals surface area contributed by atoms with Crippen LogP contribution in [0.5, 0.6) is 0 Å². The molecule has 0 aliphatic carbocycles. The van der Waals surface area contributed by atoms with Gasteiger partial charge >= 0.3 is 0 Å². The van der Waals surface area contributed by atoms with E-state index in [0.29, 0.717) is 0 Å². The van der Waals surface area contributed by atoms with Gasteiger partial charge in [-0.2, -0.15) is 0 Å². The highest BCUT2D eigenvalue weighted by Gasteiger charge is 2.31. The van der Waals surface area contributed by atoms with Gasteiger partial charge in [-0.05, 0) is 12.5 Å². The van der Waals surface area contributed by atoms with E-state index in [-0.39, 0.29) is 12.2 Å². The lowest BCUT2D eigenvalue weighted by atomic mass is 10.0. The van der Waals surface area contributed by atoms with Crippen LogP contribution in [0.2, 0.25) is 0 Å². The lowest BCUT2D eigenvalue weighted by molar-refractivity contribution is -0.114. The highest BCUT2D eigenvalue weighted by atomic mass is 16.2. The number of carbonyl (C=O) groups is 2. The molecular weight excluding hydrogens is 276 g/mol. The van der Waals surface area contributed by atoms with Gasteiger partial charge in [-0.3, -0.25) is 14.2 Å². The van der Waals surface area contributed by atoms with Crippen LogP contribution in [0.15, 0.2) is 54.8 Å². The van der Waals surface area contributed by atoms with E-state index in [0.717, 1.165) is 23.4 Å². The van der Waals surface area contributed by atoms with Crippen LogP contribution in [0.25, 0.3) is 17.0 Å². The molecule has 2 heterocycles. The summed E-state index contributed by atoms with van der Waals surface area (Å²) in [5.74, 6) is -0.723. The maximum absolute atomic E-state index is 12.1. The summed E-state index contributed by atoms with van der Waals surface area (Å²) in [5, 5.41) is 0. The van der Waals surface area contributed by atoms with Crippen molar-refractivity contribution in [2.45, 2.75) is 19.8 Å². The van der Waals surface area contributed by atoms with Crippen LogP contribution < -0.4 is 0 Å². The SMILES string of the molecule is CC/C=C\C=C1/CC(=O)C(=O)c2ncc(-c3ccccc3)n21. The predicted octanol–water partition coefficient (Wildman–Crippen LogP) is 3.51. The molecule has 1 aromatic heterocycles. The van der Waals surface area contributed by atoms with Crippen LogP contribution in [0.1, 0.15) is 30.4 Å². The van der Waals surface area contributed by atoms with Gasteiger partial charge in [-0.15, -0.1) is 0 Å². The van der Waals surface area contributed by atoms with E-state index in [1.807, 2.05) is 55.5 Å². The predicted molar refractivity (Wildman–Crippen MR) is 85.3 cm³/mol. The maximum atomic E-state index is 12.1. The number of rotatable bonds is 3. The minimum atomic E-state index is -0.515. The quantitative estimate of drug-likeness (QED) is 0.813. The molecule has 3 rings (SSSR count). The largest absolute Gasteiger partial charge is 0.293 e. The van der Waals surface area contributed by atoms with Crippen LogP contribution in [-0.2, 0) is 4.79 Å². The van der Waals surface area contributed by atoms with Gasteiger partial charge in [-0.1, -0.05) is 49.4 Å². The molecule has 4 heteroatoms. The van der Waals surface area contributed by atoms with E-state index < -0.39 is 11.6 Å². The molecule has 1 aliphatic rings. The Bertz CT molecular complexity index is 783. The lowest BCUT2D eigenvalue weighted by Crippen LogP contribution is -2.26. The van der Waals surface area contributed by atoms with Gasteiger partial charge in [0.25, 0.3) is 5.78 Å². The number of carbonyl (C=O) groups excluding carboxylic acids is 2. The zero-order chi connectivity index (χ0) is 15.5. The average Bonchev–Trinajstić information content (AvgIpc) is 2.98. The van der Waals surface area contributed by atoms with Crippen LogP contribution in [0, 0.1) is 0 Å². The Balaban J connectivity index is 2.17. The van der Waals surface area contributed by atoms with Gasteiger partial charge in [0.05, 0.1) is 18.3 Å². The van der Waals surface area contributed by atoms with Gasteiger partial charge in [0.2, 0.25) is 5.78 Å². The second-order valence-electron chi connectivity index (χ2n) is 5.09. The number of hydrogen-bond acceptors (Lipinski definition) is 3. The van der Waals surface area contributed by atoms with Gasteiger partial charge in [0.15, 0.2) is 5.82 Å². The Morgan fingerprint density at radius 1 is 1.23 bits per heavy atom. The Morgan fingerprint density at radius 2 is 2.00 bits per heavy atom. The van der Waals surface area contributed by atoms with Crippen LogP contribution in [0.4, 0.5) is 0 Å². The second-order valence-corrected chi connectivity index (χ2v) is 5.09. The zero-order valence-corrected chi connectivity index (χ0v) is 12.3. The Kier molecular flexibility index (Phi) is 3.83. The van der Waals surface area contributed by atoms with E-state index in [2.05, 4.69) is 4.98 Å². The molecule has 0 saturated carbocycles. The minimum Gasteiger partial charge on any atom is -0.293 e. The first kappa shape index (κ1) is 14.2. The van der Waals surface area contributed by atoms with Crippen LogP contribution in [-0.4, -0.2) is 21.1 Å². The van der Waals surface area contributed by atoms with E-state index in [9.17, 15) is 9.59 Å². The Morgan fingerprint density at radius 3 is 2.73 bits per heavy atom. The number of allylic oxidation sites excluding steroid dienone is 4. The number of Topliss-reactive ketones (excluding diaryl/α,β-unsaturated/α-hetero) is 2. The second kappa shape index (κ2) is 5.93. The third kappa shape index (κ3) is 2.44. The number of nitrogens with zero attached hydrogens (tertiary/aromatic N) is 2. The highest BCUT2D eigenvalue weighted by Crippen LogP contribution is 2.29.